The molecular formula is C12H20N2O. The lowest BCUT2D eigenvalue weighted by Gasteiger charge is -2.05. The van der Waals surface area contributed by atoms with Crippen molar-refractivity contribution in [1.82, 2.24) is 0 Å². The lowest BCUT2D eigenvalue weighted by Crippen LogP contribution is -2.03. The third kappa shape index (κ3) is 4.02. The topological polar surface area (TPSA) is 47.6 Å². The van der Waals surface area contributed by atoms with E-state index in [1.54, 1.807) is 0 Å². The van der Waals surface area contributed by atoms with E-state index < -0.39 is 0 Å². The Balaban J connectivity index is 0.000000921. The number of nitrogens with two attached hydrogens (primary N) is 1. The van der Waals surface area contributed by atoms with Crippen LogP contribution in [0.25, 0.3) is 0 Å². The maximum absolute atomic E-state index is 5.79. The van der Waals surface area contributed by atoms with Crippen LogP contribution in [-0.4, -0.2) is 12.8 Å². The summed E-state index contributed by atoms with van der Waals surface area (Å²) in [6.45, 7) is 6.02. The van der Waals surface area contributed by atoms with Crippen molar-refractivity contribution < 1.29 is 4.84 Å². The molecule has 2 N–H and O–H groups in total. The highest BCUT2D eigenvalue weighted by molar-refractivity contribution is 6.04. The number of benzene rings is 1. The van der Waals surface area contributed by atoms with Gasteiger partial charge in [0, 0.05) is 11.3 Å². The van der Waals surface area contributed by atoms with E-state index in [0.29, 0.717) is 0 Å². The van der Waals surface area contributed by atoms with E-state index in [-0.39, 0.29) is 0 Å². The average Bonchev–Trinajstić information content (AvgIpc) is 2.30. The zero-order chi connectivity index (χ0) is 11.7. The van der Waals surface area contributed by atoms with Gasteiger partial charge in [0.25, 0.3) is 0 Å². The highest BCUT2D eigenvalue weighted by atomic mass is 16.6. The first kappa shape index (κ1) is 13.5. The van der Waals surface area contributed by atoms with Crippen LogP contribution in [0.15, 0.2) is 29.4 Å². The Hall–Kier alpha value is -1.51. The van der Waals surface area contributed by atoms with Gasteiger partial charge in [0.15, 0.2) is 0 Å². The molecule has 1 rings (SSSR count). The Bertz CT molecular complexity index is 308. The standard InChI is InChI=1S/C10H14N2O.C2H6/c1-3-10(12-13-2)8-6-4-5-7-9(8)11;1-2/h4-7H,3,11H2,1-2H3;1-2H3/b12-10+;. The van der Waals surface area contributed by atoms with Gasteiger partial charge in [-0.15, -0.1) is 0 Å². The van der Waals surface area contributed by atoms with E-state index in [1.807, 2.05) is 45.0 Å². The third-order valence-corrected chi connectivity index (χ3v) is 1.81. The van der Waals surface area contributed by atoms with Crippen molar-refractivity contribution in [2.24, 2.45) is 5.16 Å². The molecule has 0 amide bonds. The highest BCUT2D eigenvalue weighted by Gasteiger charge is 2.04. The molecule has 0 saturated carbocycles. The van der Waals surface area contributed by atoms with E-state index in [2.05, 4.69) is 5.16 Å². The molecule has 0 unspecified atom stereocenters. The number of oxime groups is 1. The van der Waals surface area contributed by atoms with Gasteiger partial charge >= 0.3 is 0 Å². The Labute approximate surface area is 91.9 Å². The molecule has 0 spiro atoms. The van der Waals surface area contributed by atoms with E-state index in [4.69, 9.17) is 10.6 Å². The van der Waals surface area contributed by atoms with E-state index in [9.17, 15) is 0 Å². The van der Waals surface area contributed by atoms with Gasteiger partial charge in [-0.1, -0.05) is 44.1 Å². The third-order valence-electron chi connectivity index (χ3n) is 1.81. The van der Waals surface area contributed by atoms with E-state index >= 15 is 0 Å². The lowest BCUT2D eigenvalue weighted by atomic mass is 10.1. The Morgan fingerprint density at radius 3 is 2.40 bits per heavy atom. The molecule has 0 fully saturated rings. The molecular weight excluding hydrogens is 188 g/mol. The summed E-state index contributed by atoms with van der Waals surface area (Å²) < 4.78 is 0. The molecule has 1 aromatic rings. The normalized spacial score (nSPS) is 10.3. The molecule has 15 heavy (non-hydrogen) atoms. The molecule has 0 aliphatic carbocycles. The number of rotatable bonds is 3. The van der Waals surface area contributed by atoms with Gasteiger partial charge in [-0.2, -0.15) is 0 Å². The molecule has 0 atom stereocenters. The lowest BCUT2D eigenvalue weighted by molar-refractivity contribution is 0.213. The van der Waals surface area contributed by atoms with Gasteiger partial charge in [-0.3, -0.25) is 0 Å². The average molecular weight is 208 g/mol. The molecule has 0 aliphatic rings. The maximum Gasteiger partial charge on any atom is 0.106 e. The quantitative estimate of drug-likeness (QED) is 0.471. The first-order valence-electron chi connectivity index (χ1n) is 5.24. The van der Waals surface area contributed by atoms with Gasteiger partial charge in [-0.05, 0) is 12.5 Å². The van der Waals surface area contributed by atoms with Crippen molar-refractivity contribution in [2.45, 2.75) is 27.2 Å². The van der Waals surface area contributed by atoms with Gasteiger partial charge in [0.1, 0.15) is 7.11 Å². The minimum absolute atomic E-state index is 0.736. The second kappa shape index (κ2) is 7.85. The minimum atomic E-state index is 0.736. The molecule has 3 nitrogen and oxygen atoms in total. The first-order chi connectivity index (χ1) is 7.29. The van der Waals surface area contributed by atoms with Crippen molar-refractivity contribution in [3.05, 3.63) is 29.8 Å². The Morgan fingerprint density at radius 1 is 1.33 bits per heavy atom. The van der Waals surface area contributed by atoms with Crippen molar-refractivity contribution >= 4 is 11.4 Å². The van der Waals surface area contributed by atoms with Crippen LogP contribution < -0.4 is 5.73 Å². The van der Waals surface area contributed by atoms with Gasteiger partial charge in [0.05, 0.1) is 5.71 Å². The van der Waals surface area contributed by atoms with E-state index in [1.165, 1.54) is 7.11 Å². The number of hydrogen-bond donors (Lipinski definition) is 1. The molecule has 1 aromatic carbocycles. The SMILES string of the molecule is CC.CC/C(=N\OC)c1ccccc1N. The molecule has 84 valence electrons. The number of nitrogen functional groups attached to an aromatic ring is 1. The summed E-state index contributed by atoms with van der Waals surface area (Å²) in [4.78, 5) is 4.74. The molecule has 0 aromatic heterocycles. The van der Waals surface area contributed by atoms with Crippen LogP contribution in [0.4, 0.5) is 5.69 Å². The van der Waals surface area contributed by atoms with Gasteiger partial charge in [0.2, 0.25) is 0 Å². The largest absolute Gasteiger partial charge is 0.399 e. The molecule has 0 aliphatic heterocycles. The number of hydrogen-bond acceptors (Lipinski definition) is 3. The van der Waals surface area contributed by atoms with Crippen molar-refractivity contribution in [1.29, 1.82) is 0 Å². The van der Waals surface area contributed by atoms with Crippen LogP contribution in [0.1, 0.15) is 32.8 Å². The molecule has 0 saturated heterocycles. The predicted molar refractivity (Wildman–Crippen MR) is 66.0 cm³/mol. The fraction of sp³-hybridized carbons (Fsp3) is 0.417. The fourth-order valence-corrected chi connectivity index (χ4v) is 1.17. The minimum Gasteiger partial charge on any atom is -0.399 e. The smallest absolute Gasteiger partial charge is 0.106 e. The van der Waals surface area contributed by atoms with Crippen molar-refractivity contribution in [2.75, 3.05) is 12.8 Å². The Kier molecular flexibility index (Phi) is 7.06. The summed E-state index contributed by atoms with van der Waals surface area (Å²) in [7, 11) is 1.54. The number of para-hydroxylation sites is 1. The first-order valence-corrected chi connectivity index (χ1v) is 5.24. The number of nitrogens with zero attached hydrogens (tertiary/aromatic N) is 1. The highest BCUT2D eigenvalue weighted by Crippen LogP contribution is 2.13. The summed E-state index contributed by atoms with van der Waals surface area (Å²) in [6, 6.07) is 7.64. The monoisotopic (exact) mass is 208 g/mol. The summed E-state index contributed by atoms with van der Waals surface area (Å²) in [5.74, 6) is 0. The molecule has 0 radical (unpaired) electrons. The van der Waals surface area contributed by atoms with Crippen molar-refractivity contribution in [3.63, 3.8) is 0 Å². The summed E-state index contributed by atoms with van der Waals surface area (Å²) in [5, 5.41) is 3.91. The molecule has 3 heteroatoms. The van der Waals surface area contributed by atoms with Crippen LogP contribution in [0.3, 0.4) is 0 Å². The second-order valence-corrected chi connectivity index (χ2v) is 2.66. The van der Waals surface area contributed by atoms with Crippen LogP contribution >= 0.6 is 0 Å². The zero-order valence-electron chi connectivity index (χ0n) is 9.95. The maximum atomic E-state index is 5.79. The Morgan fingerprint density at radius 2 is 1.93 bits per heavy atom. The summed E-state index contributed by atoms with van der Waals surface area (Å²) in [5.41, 5.74) is 8.35. The summed E-state index contributed by atoms with van der Waals surface area (Å²) >= 11 is 0. The number of anilines is 1. The van der Waals surface area contributed by atoms with Gasteiger partial charge in [-0.25, -0.2) is 0 Å². The van der Waals surface area contributed by atoms with Gasteiger partial charge < -0.3 is 10.6 Å². The van der Waals surface area contributed by atoms with E-state index in [0.717, 1.165) is 23.4 Å². The molecule has 0 heterocycles. The summed E-state index contributed by atoms with van der Waals surface area (Å²) in [6.07, 6.45) is 0.808. The van der Waals surface area contributed by atoms with Crippen LogP contribution in [-0.2, 0) is 4.84 Å². The van der Waals surface area contributed by atoms with Crippen LogP contribution in [0.5, 0.6) is 0 Å². The molecule has 0 bridgehead atoms. The second-order valence-electron chi connectivity index (χ2n) is 2.66. The fourth-order valence-electron chi connectivity index (χ4n) is 1.17. The predicted octanol–water partition coefficient (Wildman–Crippen LogP) is 3.06. The zero-order valence-corrected chi connectivity index (χ0v) is 9.95. The van der Waals surface area contributed by atoms with Crippen LogP contribution in [0, 0.1) is 0 Å². The van der Waals surface area contributed by atoms with Crippen molar-refractivity contribution in [3.8, 4) is 0 Å². The van der Waals surface area contributed by atoms with Crippen LogP contribution in [0.2, 0.25) is 0 Å².